The second kappa shape index (κ2) is 15.3. The average molecular weight is 506 g/mol. The second-order valence-corrected chi connectivity index (χ2v) is 10.4. The predicted molar refractivity (Wildman–Crippen MR) is 126 cm³/mol. The number of unbranched alkanes of at least 4 members (excludes halogenated alkanes) is 4. The molecule has 1 aromatic rings. The fourth-order valence-electron chi connectivity index (χ4n) is 3.01. The number of hydrogen-bond donors (Lipinski definition) is 2. The van der Waals surface area contributed by atoms with E-state index in [4.69, 9.17) is 23.6 Å². The van der Waals surface area contributed by atoms with E-state index >= 15 is 0 Å². The molecule has 1 aromatic carbocycles. The van der Waals surface area contributed by atoms with Crippen molar-refractivity contribution in [1.29, 1.82) is 0 Å². The van der Waals surface area contributed by atoms with Gasteiger partial charge in [0.15, 0.2) is 0 Å². The maximum Gasteiger partial charge on any atom is 0.472 e. The molecule has 0 radical (unpaired) electrons. The van der Waals surface area contributed by atoms with Crippen molar-refractivity contribution in [3.8, 4) is 11.5 Å². The molecule has 10 nitrogen and oxygen atoms in total. The third kappa shape index (κ3) is 13.3. The number of carboxylic acid groups (broad SMARTS) is 1. The van der Waals surface area contributed by atoms with Crippen molar-refractivity contribution in [1.82, 2.24) is 0 Å². The maximum absolute atomic E-state index is 12.4. The van der Waals surface area contributed by atoms with E-state index in [1.165, 1.54) is 0 Å². The fraction of sp³-hybridized carbons (Fsp3) is 0.696. The van der Waals surface area contributed by atoms with Gasteiger partial charge < -0.3 is 29.1 Å². The summed E-state index contributed by atoms with van der Waals surface area (Å²) in [5, 5.41) is 21.4. The van der Waals surface area contributed by atoms with E-state index in [1.807, 2.05) is 24.3 Å². The summed E-state index contributed by atoms with van der Waals surface area (Å²) in [5.41, 5.74) is 0. The van der Waals surface area contributed by atoms with Gasteiger partial charge in [-0.2, -0.15) is 0 Å². The van der Waals surface area contributed by atoms with Crippen LogP contribution in [0, 0.1) is 0 Å². The first-order valence-electron chi connectivity index (χ1n) is 11.6. The van der Waals surface area contributed by atoms with Crippen LogP contribution in [-0.2, 0) is 18.4 Å². The highest BCUT2D eigenvalue weighted by Crippen LogP contribution is 2.45. The lowest BCUT2D eigenvalue weighted by molar-refractivity contribution is -0.973. The van der Waals surface area contributed by atoms with Gasteiger partial charge in [-0.1, -0.05) is 25.8 Å². The van der Waals surface area contributed by atoms with Gasteiger partial charge >= 0.3 is 13.8 Å². The first-order valence-corrected chi connectivity index (χ1v) is 13.1. The van der Waals surface area contributed by atoms with Crippen LogP contribution in [0.2, 0.25) is 0 Å². The molecule has 2 unspecified atom stereocenters. The van der Waals surface area contributed by atoms with Crippen molar-refractivity contribution in [3.63, 3.8) is 0 Å². The molecule has 196 valence electrons. The van der Waals surface area contributed by atoms with E-state index in [-0.39, 0.29) is 11.1 Å². The molecule has 0 bridgehead atoms. The number of carbonyl (C=O) groups is 1. The highest BCUT2D eigenvalue weighted by atomic mass is 31.2. The van der Waals surface area contributed by atoms with E-state index in [0.29, 0.717) is 38.2 Å². The van der Waals surface area contributed by atoms with Crippen LogP contribution in [0.15, 0.2) is 24.3 Å². The summed E-state index contributed by atoms with van der Waals surface area (Å²) in [6, 6.07) is 7.47. The van der Waals surface area contributed by atoms with Crippen molar-refractivity contribution in [2.24, 2.45) is 0 Å². The number of phosphoric acid groups is 1. The summed E-state index contributed by atoms with van der Waals surface area (Å²) in [4.78, 5) is 20.9. The van der Waals surface area contributed by atoms with Gasteiger partial charge in [0.2, 0.25) is 0 Å². The van der Waals surface area contributed by atoms with Crippen LogP contribution in [-0.4, -0.2) is 73.7 Å². The van der Waals surface area contributed by atoms with E-state index in [1.54, 1.807) is 21.1 Å². The minimum Gasteiger partial charge on any atom is -0.804 e. The van der Waals surface area contributed by atoms with Gasteiger partial charge in [-0.15, -0.1) is 0 Å². The topological polar surface area (TPSA) is 135 Å². The zero-order chi connectivity index (χ0) is 25.6. The summed E-state index contributed by atoms with van der Waals surface area (Å²) >= 11 is 0. The Morgan fingerprint density at radius 3 is 2.12 bits per heavy atom. The first kappa shape index (κ1) is 30.4. The number of quaternary nitrogens is 1. The van der Waals surface area contributed by atoms with Gasteiger partial charge in [-0.3, -0.25) is 13.8 Å². The normalized spacial score (nSPS) is 15.4. The summed E-state index contributed by atoms with van der Waals surface area (Å²) in [6.07, 6.45) is 1.37. The Morgan fingerprint density at radius 2 is 1.59 bits per heavy atom. The van der Waals surface area contributed by atoms with Gasteiger partial charge in [0.25, 0.3) is 0 Å². The van der Waals surface area contributed by atoms with Crippen LogP contribution < -0.4 is 14.6 Å². The standard InChI is InChI=1S/C23H40NO9P/c1-5-6-8-14-30-19-12-11-13-20(17-19)31-15-9-7-10-16-32-34(28,29)33-21(18-22(25)26)23(27)24(2,3)4/h11-13,17,21,23H,5-10,14-16,18H2,1-4H3,(H,25,26)(H,28,29)/t21-,23?/m1/s1. The van der Waals surface area contributed by atoms with Crippen molar-refractivity contribution in [3.05, 3.63) is 24.3 Å². The third-order valence-electron chi connectivity index (χ3n) is 4.86. The molecule has 0 aliphatic rings. The van der Waals surface area contributed by atoms with E-state index in [2.05, 4.69) is 6.92 Å². The predicted octanol–water partition coefficient (Wildman–Crippen LogP) is 3.17. The molecule has 0 saturated heterocycles. The molecule has 0 spiro atoms. The Kier molecular flexibility index (Phi) is 13.7. The minimum atomic E-state index is -4.57. The monoisotopic (exact) mass is 505 g/mol. The first-order chi connectivity index (χ1) is 15.9. The van der Waals surface area contributed by atoms with Crippen molar-refractivity contribution < 1.29 is 47.5 Å². The van der Waals surface area contributed by atoms with Crippen LogP contribution in [0.25, 0.3) is 0 Å². The molecule has 3 atom stereocenters. The molecule has 34 heavy (non-hydrogen) atoms. The Hall–Kier alpha value is -1.68. The molecule has 0 aromatic heterocycles. The average Bonchev–Trinajstić information content (AvgIpc) is 2.74. The lowest BCUT2D eigenvalue weighted by Gasteiger charge is -2.42. The Balaban J connectivity index is 2.32. The fourth-order valence-corrected chi connectivity index (χ4v) is 3.95. The van der Waals surface area contributed by atoms with Gasteiger partial charge in [0.05, 0.1) is 47.4 Å². The molecular weight excluding hydrogens is 465 g/mol. The van der Waals surface area contributed by atoms with Crippen LogP contribution in [0.3, 0.4) is 0 Å². The van der Waals surface area contributed by atoms with Crippen molar-refractivity contribution in [2.75, 3.05) is 41.0 Å². The summed E-state index contributed by atoms with van der Waals surface area (Å²) < 4.78 is 33.3. The quantitative estimate of drug-likeness (QED) is 0.126. The van der Waals surface area contributed by atoms with Crippen LogP contribution >= 0.6 is 7.82 Å². The zero-order valence-electron chi connectivity index (χ0n) is 20.7. The van der Waals surface area contributed by atoms with Crippen LogP contribution in [0.1, 0.15) is 51.9 Å². The number of aliphatic carboxylic acids is 1. The number of carboxylic acids is 1. The molecule has 0 amide bonds. The van der Waals surface area contributed by atoms with Crippen molar-refractivity contribution >= 4 is 13.8 Å². The Bertz CT molecular complexity index is 769. The molecule has 11 heteroatoms. The second-order valence-electron chi connectivity index (χ2n) is 8.99. The molecular formula is C23H40NO9P. The number of rotatable bonds is 19. The SMILES string of the molecule is CCCCCOc1cccc(OCCCCCOP(=O)(O)O[C@H](CC(=O)O)C([O-])[N+](C)(C)C)c1. The molecule has 0 aliphatic heterocycles. The highest BCUT2D eigenvalue weighted by Gasteiger charge is 2.34. The number of benzene rings is 1. The zero-order valence-corrected chi connectivity index (χ0v) is 21.6. The molecule has 2 N–H and O–H groups in total. The van der Waals surface area contributed by atoms with Gasteiger partial charge in [0.1, 0.15) is 17.6 Å². The van der Waals surface area contributed by atoms with Gasteiger partial charge in [0, 0.05) is 12.3 Å². The molecule has 0 fully saturated rings. The number of phosphoric ester groups is 1. The lowest BCUT2D eigenvalue weighted by Crippen LogP contribution is -2.60. The van der Waals surface area contributed by atoms with Gasteiger partial charge in [-0.25, -0.2) is 4.57 Å². The number of hydrogen-bond acceptors (Lipinski definition) is 7. The van der Waals surface area contributed by atoms with Crippen LogP contribution in [0.5, 0.6) is 11.5 Å². The lowest BCUT2D eigenvalue weighted by atomic mass is 10.2. The largest absolute Gasteiger partial charge is 0.804 e. The van der Waals surface area contributed by atoms with E-state index < -0.39 is 32.5 Å². The van der Waals surface area contributed by atoms with Gasteiger partial charge in [-0.05, 0) is 37.8 Å². The summed E-state index contributed by atoms with van der Waals surface area (Å²) in [7, 11) is 0.0909. The number of nitrogens with zero attached hydrogens (tertiary/aromatic N) is 1. The smallest absolute Gasteiger partial charge is 0.472 e. The molecule has 0 heterocycles. The Labute approximate surface area is 202 Å². The van der Waals surface area contributed by atoms with E-state index in [9.17, 15) is 19.4 Å². The summed E-state index contributed by atoms with van der Waals surface area (Å²) in [5.74, 6) is 0.187. The number of likely N-dealkylation sites (N-methyl/N-ethyl adjacent to an activating group) is 1. The molecule has 0 aliphatic carbocycles. The molecule has 1 rings (SSSR count). The highest BCUT2D eigenvalue weighted by molar-refractivity contribution is 7.47. The minimum absolute atomic E-state index is 0.0669. The van der Waals surface area contributed by atoms with Crippen LogP contribution in [0.4, 0.5) is 0 Å². The number of ether oxygens (including phenoxy) is 2. The maximum atomic E-state index is 12.4. The summed E-state index contributed by atoms with van der Waals surface area (Å²) in [6.45, 7) is 3.22. The van der Waals surface area contributed by atoms with E-state index in [0.717, 1.165) is 25.0 Å². The Morgan fingerprint density at radius 1 is 1.03 bits per heavy atom. The third-order valence-corrected chi connectivity index (χ3v) is 5.91. The van der Waals surface area contributed by atoms with Crippen molar-refractivity contribution in [2.45, 2.75) is 64.2 Å². The molecule has 0 saturated carbocycles.